The van der Waals surface area contributed by atoms with E-state index in [9.17, 15) is 19.2 Å². The van der Waals surface area contributed by atoms with Gasteiger partial charge in [0.2, 0.25) is 11.8 Å². The van der Waals surface area contributed by atoms with Crippen LogP contribution in [0.1, 0.15) is 33.6 Å². The predicted octanol–water partition coefficient (Wildman–Crippen LogP) is 0.473. The molecule has 21 heavy (non-hydrogen) atoms. The third-order valence-corrected chi connectivity index (χ3v) is 4.97. The van der Waals surface area contributed by atoms with Crippen molar-refractivity contribution in [1.29, 1.82) is 0 Å². The maximum atomic E-state index is 13.0. The second-order valence-electron chi connectivity index (χ2n) is 6.18. The Morgan fingerprint density at radius 2 is 1.86 bits per heavy atom. The van der Waals surface area contributed by atoms with Crippen LogP contribution in [0.5, 0.6) is 0 Å². The van der Waals surface area contributed by atoms with E-state index in [0.717, 1.165) is 16.2 Å². The molecule has 0 N–H and O–H groups in total. The minimum absolute atomic E-state index is 0.183. The molecule has 2 aliphatic carbocycles. The predicted molar refractivity (Wildman–Crippen MR) is 72.6 cm³/mol. The first kappa shape index (κ1) is 14.0. The van der Waals surface area contributed by atoms with Gasteiger partial charge in [-0.3, -0.25) is 29.0 Å². The van der Waals surface area contributed by atoms with Gasteiger partial charge in [-0.1, -0.05) is 12.2 Å². The Morgan fingerprint density at radius 3 is 2.29 bits per heavy atom. The van der Waals surface area contributed by atoms with Gasteiger partial charge in [-0.2, -0.15) is 0 Å². The molecule has 1 spiro atoms. The maximum absolute atomic E-state index is 13.0. The Hall–Kier alpha value is -1.98. The number of fused-ring (bicyclic) bond motifs is 3. The number of allylic oxidation sites excluding steroid dienone is 1. The lowest BCUT2D eigenvalue weighted by molar-refractivity contribution is -0.180. The lowest BCUT2D eigenvalue weighted by Crippen LogP contribution is -2.74. The van der Waals surface area contributed by atoms with E-state index >= 15 is 0 Å². The van der Waals surface area contributed by atoms with Gasteiger partial charge in [0.1, 0.15) is 11.6 Å². The van der Waals surface area contributed by atoms with Gasteiger partial charge >= 0.3 is 0 Å². The van der Waals surface area contributed by atoms with Crippen LogP contribution in [0.15, 0.2) is 12.2 Å². The molecule has 112 valence electrons. The highest BCUT2D eigenvalue weighted by Crippen LogP contribution is 2.52. The Labute approximate surface area is 122 Å². The number of carbonyl (C=O) groups excluding carboxylic acids is 4. The molecule has 2 fully saturated rings. The fourth-order valence-electron chi connectivity index (χ4n) is 4.16. The molecule has 1 heterocycles. The molecular formula is C15H18N2O4. The van der Waals surface area contributed by atoms with Gasteiger partial charge in [0.05, 0.1) is 0 Å². The number of amides is 4. The van der Waals surface area contributed by atoms with E-state index in [4.69, 9.17) is 0 Å². The molecule has 6 heteroatoms. The summed E-state index contributed by atoms with van der Waals surface area (Å²) >= 11 is 0. The first-order chi connectivity index (χ1) is 9.80. The van der Waals surface area contributed by atoms with Gasteiger partial charge < -0.3 is 0 Å². The molecule has 6 nitrogen and oxygen atoms in total. The first-order valence-corrected chi connectivity index (χ1v) is 7.18. The smallest absolute Gasteiger partial charge is 0.257 e. The van der Waals surface area contributed by atoms with Crippen LogP contribution in [-0.2, 0) is 19.2 Å². The van der Waals surface area contributed by atoms with Crippen LogP contribution < -0.4 is 0 Å². The largest absolute Gasteiger partial charge is 0.275 e. The number of carbonyl (C=O) groups is 4. The molecule has 0 unspecified atom stereocenters. The summed E-state index contributed by atoms with van der Waals surface area (Å²) < 4.78 is 0. The van der Waals surface area contributed by atoms with Crippen molar-refractivity contribution in [1.82, 2.24) is 9.80 Å². The molecule has 4 amide bonds. The Kier molecular flexibility index (Phi) is 2.83. The normalized spacial score (nSPS) is 37.8. The SMILES string of the molecule is CC(=O)N1C(=O)[C@@]2(C[C@@H]3C=C[C@H]2C3)N(C(C)=O)C(=O)[C@@H]1C. The summed E-state index contributed by atoms with van der Waals surface area (Å²) in [6, 6.07) is -0.923. The third-order valence-electron chi connectivity index (χ3n) is 4.97. The van der Waals surface area contributed by atoms with Gasteiger partial charge in [-0.15, -0.1) is 0 Å². The van der Waals surface area contributed by atoms with Gasteiger partial charge in [0.25, 0.3) is 11.8 Å². The van der Waals surface area contributed by atoms with Crippen molar-refractivity contribution in [2.75, 3.05) is 0 Å². The lowest BCUT2D eigenvalue weighted by Gasteiger charge is -2.50. The van der Waals surface area contributed by atoms with Crippen molar-refractivity contribution in [2.24, 2.45) is 11.8 Å². The molecule has 4 atom stereocenters. The number of rotatable bonds is 0. The van der Waals surface area contributed by atoms with Crippen LogP contribution in [0.2, 0.25) is 0 Å². The fraction of sp³-hybridized carbons (Fsp3) is 0.600. The second-order valence-corrected chi connectivity index (χ2v) is 6.18. The van der Waals surface area contributed by atoms with Crippen molar-refractivity contribution in [3.63, 3.8) is 0 Å². The zero-order chi connectivity index (χ0) is 15.5. The lowest BCUT2D eigenvalue weighted by atomic mass is 9.78. The van der Waals surface area contributed by atoms with E-state index in [1.54, 1.807) is 0 Å². The molecule has 0 aromatic heterocycles. The summed E-state index contributed by atoms with van der Waals surface area (Å²) in [5.41, 5.74) is -1.19. The summed E-state index contributed by atoms with van der Waals surface area (Å²) in [5.74, 6) is -1.74. The number of imide groups is 2. The average molecular weight is 290 g/mol. The monoisotopic (exact) mass is 290 g/mol. The molecule has 3 rings (SSSR count). The molecule has 1 aliphatic heterocycles. The van der Waals surface area contributed by atoms with Crippen molar-refractivity contribution in [2.45, 2.75) is 45.2 Å². The standard InChI is InChI=1S/C15H18N2O4/c1-8-13(20)17(10(3)19)15(14(21)16(8)9(2)18)7-11-4-5-12(15)6-11/h4-5,8,11-12H,6-7H2,1-3H3/t8-,11+,12-,15-/m0/s1. The quantitative estimate of drug-likeness (QED) is 0.608. The van der Waals surface area contributed by atoms with Gasteiger partial charge in [-0.25, -0.2) is 0 Å². The Morgan fingerprint density at radius 1 is 1.19 bits per heavy atom. The van der Waals surface area contributed by atoms with Crippen LogP contribution in [0.3, 0.4) is 0 Å². The summed E-state index contributed by atoms with van der Waals surface area (Å²) in [4.78, 5) is 51.6. The molecule has 0 aromatic rings. The number of hydrogen-bond donors (Lipinski definition) is 0. The van der Waals surface area contributed by atoms with Crippen LogP contribution in [0, 0.1) is 11.8 Å². The van der Waals surface area contributed by atoms with Gasteiger partial charge in [-0.05, 0) is 25.7 Å². The summed E-state index contributed by atoms with van der Waals surface area (Å²) in [7, 11) is 0. The summed E-state index contributed by atoms with van der Waals surface area (Å²) in [6.45, 7) is 4.08. The van der Waals surface area contributed by atoms with Crippen LogP contribution in [-0.4, -0.2) is 45.0 Å². The zero-order valence-electron chi connectivity index (χ0n) is 12.3. The fourth-order valence-corrected chi connectivity index (χ4v) is 4.16. The molecule has 1 saturated heterocycles. The zero-order valence-corrected chi connectivity index (χ0v) is 12.3. The minimum atomic E-state index is -1.19. The third kappa shape index (κ3) is 1.58. The minimum Gasteiger partial charge on any atom is -0.275 e. The topological polar surface area (TPSA) is 74.8 Å². The van der Waals surface area contributed by atoms with E-state index in [1.807, 2.05) is 12.2 Å². The van der Waals surface area contributed by atoms with Crippen molar-refractivity contribution in [3.05, 3.63) is 12.2 Å². The van der Waals surface area contributed by atoms with Crippen LogP contribution >= 0.6 is 0 Å². The maximum Gasteiger partial charge on any atom is 0.257 e. The highest BCUT2D eigenvalue weighted by molar-refractivity contribution is 6.13. The number of hydrogen-bond acceptors (Lipinski definition) is 4. The highest BCUT2D eigenvalue weighted by Gasteiger charge is 2.65. The molecule has 0 radical (unpaired) electrons. The second kappa shape index (κ2) is 4.26. The average Bonchev–Trinajstić information content (AvgIpc) is 2.97. The van der Waals surface area contributed by atoms with Crippen LogP contribution in [0.25, 0.3) is 0 Å². The van der Waals surface area contributed by atoms with Crippen molar-refractivity contribution < 1.29 is 19.2 Å². The molecule has 3 aliphatic rings. The first-order valence-electron chi connectivity index (χ1n) is 7.18. The van der Waals surface area contributed by atoms with E-state index in [2.05, 4.69) is 0 Å². The van der Waals surface area contributed by atoms with E-state index in [-0.39, 0.29) is 11.8 Å². The van der Waals surface area contributed by atoms with Gasteiger partial charge in [0.15, 0.2) is 0 Å². The highest BCUT2D eigenvalue weighted by atomic mass is 16.2. The van der Waals surface area contributed by atoms with Crippen molar-refractivity contribution >= 4 is 23.6 Å². The summed E-state index contributed by atoms with van der Waals surface area (Å²) in [5, 5.41) is 0. The Balaban J connectivity index is 2.16. The molecule has 1 saturated carbocycles. The van der Waals surface area contributed by atoms with Gasteiger partial charge in [0, 0.05) is 19.8 Å². The Bertz CT molecular complexity index is 596. The molecule has 0 aromatic carbocycles. The molecule has 2 bridgehead atoms. The molecular weight excluding hydrogens is 272 g/mol. The summed E-state index contributed by atoms with van der Waals surface area (Å²) in [6.07, 6.45) is 5.11. The van der Waals surface area contributed by atoms with E-state index in [0.29, 0.717) is 6.42 Å². The van der Waals surface area contributed by atoms with E-state index < -0.39 is 35.2 Å². The number of nitrogens with zero attached hydrogens (tertiary/aromatic N) is 2. The van der Waals surface area contributed by atoms with E-state index in [1.165, 1.54) is 20.8 Å². The van der Waals surface area contributed by atoms with Crippen molar-refractivity contribution in [3.8, 4) is 0 Å². The number of piperazine rings is 1. The van der Waals surface area contributed by atoms with Crippen LogP contribution in [0.4, 0.5) is 0 Å².